The van der Waals surface area contributed by atoms with Gasteiger partial charge in [0, 0.05) is 13.2 Å². The number of esters is 1. The molecule has 4 N–H and O–H groups in total. The van der Waals surface area contributed by atoms with Gasteiger partial charge in [-0.2, -0.15) is 0 Å². The Morgan fingerprint density at radius 2 is 1.67 bits per heavy atom. The summed E-state index contributed by atoms with van der Waals surface area (Å²) in [6.07, 6.45) is -5.47. The van der Waals surface area contributed by atoms with E-state index >= 15 is 0 Å². The van der Waals surface area contributed by atoms with E-state index in [1.165, 1.54) is 13.2 Å². The molecule has 1 aromatic rings. The second kappa shape index (κ2) is 11.1. The Balaban J connectivity index is 2.43. The third kappa shape index (κ3) is 7.63. The maximum Gasteiger partial charge on any atom is 0.407 e. The lowest BCUT2D eigenvalue weighted by Gasteiger charge is -2.25. The number of aliphatic hydroxyl groups is 3. The monoisotopic (exact) mass is 515 g/mol. The molecule has 0 saturated carbocycles. The molecule has 1 fully saturated rings. The van der Waals surface area contributed by atoms with Gasteiger partial charge < -0.3 is 39.4 Å². The zero-order chi connectivity index (χ0) is 27.6. The van der Waals surface area contributed by atoms with Gasteiger partial charge in [-0.25, -0.2) is 9.59 Å². The van der Waals surface area contributed by atoms with Crippen molar-refractivity contribution in [1.82, 2.24) is 14.5 Å². The van der Waals surface area contributed by atoms with Crippen LogP contribution in [0.1, 0.15) is 59.6 Å². The Bertz CT molecular complexity index is 1040. The molecule has 2 heterocycles. The molecule has 1 amide bonds. The number of carbonyl (C=O) groups excluding carboxylic acids is 2. The van der Waals surface area contributed by atoms with Crippen LogP contribution in [0.15, 0.2) is 15.8 Å². The summed E-state index contributed by atoms with van der Waals surface area (Å²) in [4.78, 5) is 51.1. The van der Waals surface area contributed by atoms with Crippen LogP contribution in [0, 0.1) is 0 Å². The molecule has 1 aliphatic heterocycles. The average molecular weight is 516 g/mol. The number of nitrogens with one attached hydrogen (secondary N) is 1. The fourth-order valence-corrected chi connectivity index (χ4v) is 3.71. The first-order valence-corrected chi connectivity index (χ1v) is 11.6. The van der Waals surface area contributed by atoms with Gasteiger partial charge in [-0.05, 0) is 41.5 Å². The van der Waals surface area contributed by atoms with Crippen molar-refractivity contribution in [2.75, 3.05) is 6.61 Å². The number of hydrogen-bond acceptors (Lipinski definition) is 10. The van der Waals surface area contributed by atoms with Crippen LogP contribution < -0.4 is 16.6 Å². The minimum atomic E-state index is -1.53. The normalized spacial score (nSPS) is 23.3. The predicted octanol–water partition coefficient (Wildman–Crippen LogP) is -0.674. The van der Waals surface area contributed by atoms with Crippen LogP contribution in [0.2, 0.25) is 0 Å². The van der Waals surface area contributed by atoms with Gasteiger partial charge in [0.05, 0.1) is 31.2 Å². The molecule has 13 nitrogen and oxygen atoms in total. The first kappa shape index (κ1) is 29.5. The lowest BCUT2D eigenvalue weighted by molar-refractivity contribution is -0.155. The Morgan fingerprint density at radius 1 is 1.08 bits per heavy atom. The highest BCUT2D eigenvalue weighted by Gasteiger charge is 2.44. The SMILES string of the molecule is Cn1cc([C@@H]2O[C@H](CO)[C@@H](O)[C@H]2O)c(=O)n(C[C@H](CC(=O)OC(C)(C)C)NC(=O)OC(C)(C)C)c1=O. The second-order valence-electron chi connectivity index (χ2n) is 10.8. The summed E-state index contributed by atoms with van der Waals surface area (Å²) in [5, 5.41) is 32.3. The van der Waals surface area contributed by atoms with Gasteiger partial charge in [-0.15, -0.1) is 0 Å². The number of aliphatic hydroxyl groups excluding tert-OH is 3. The third-order valence-corrected chi connectivity index (χ3v) is 5.16. The standard InChI is InChI=1S/C23H37N3O10/c1-22(2,3)35-15(28)8-12(24-20(32)36-23(4,5)6)9-26-19(31)13(10-25(7)21(26)33)18-17(30)16(29)14(11-27)34-18/h10,12,14,16-18,27,29-30H,8-9,11H2,1-7H3,(H,24,32)/t12-,14+,16+,17+,18-/m0/s1. The molecule has 1 aliphatic rings. The molecule has 0 aromatic carbocycles. The number of aromatic nitrogens is 2. The number of hydrogen-bond donors (Lipinski definition) is 4. The molecule has 0 spiro atoms. The molecule has 1 aromatic heterocycles. The van der Waals surface area contributed by atoms with Crippen LogP contribution >= 0.6 is 0 Å². The van der Waals surface area contributed by atoms with Crippen molar-refractivity contribution in [2.45, 2.75) is 96.2 Å². The molecule has 204 valence electrons. The van der Waals surface area contributed by atoms with E-state index in [9.17, 15) is 34.5 Å². The average Bonchev–Trinajstić information content (AvgIpc) is 2.99. The molecule has 0 unspecified atom stereocenters. The second-order valence-corrected chi connectivity index (χ2v) is 10.8. The van der Waals surface area contributed by atoms with Crippen LogP contribution in [0.3, 0.4) is 0 Å². The topological polar surface area (TPSA) is 179 Å². The molecular formula is C23H37N3O10. The first-order valence-electron chi connectivity index (χ1n) is 11.6. The predicted molar refractivity (Wildman–Crippen MR) is 126 cm³/mol. The minimum absolute atomic E-state index is 0.145. The van der Waals surface area contributed by atoms with Crippen molar-refractivity contribution in [2.24, 2.45) is 7.05 Å². The number of amides is 1. The van der Waals surface area contributed by atoms with Crippen molar-refractivity contribution in [3.8, 4) is 0 Å². The van der Waals surface area contributed by atoms with Gasteiger partial charge in [-0.3, -0.25) is 14.2 Å². The number of carbonyl (C=O) groups is 2. The van der Waals surface area contributed by atoms with Crippen LogP contribution in [0.4, 0.5) is 4.79 Å². The summed E-state index contributed by atoms with van der Waals surface area (Å²) in [5.74, 6) is -0.673. The molecule has 1 saturated heterocycles. The van der Waals surface area contributed by atoms with Gasteiger partial charge in [0.1, 0.15) is 35.6 Å². The molecule has 2 rings (SSSR count). The highest BCUT2D eigenvalue weighted by Crippen LogP contribution is 2.31. The van der Waals surface area contributed by atoms with Crippen molar-refractivity contribution in [1.29, 1.82) is 0 Å². The van der Waals surface area contributed by atoms with E-state index in [1.807, 2.05) is 0 Å². The van der Waals surface area contributed by atoms with E-state index in [2.05, 4.69) is 5.32 Å². The van der Waals surface area contributed by atoms with Gasteiger partial charge in [0.2, 0.25) is 0 Å². The quantitative estimate of drug-likeness (QED) is 0.340. The lowest BCUT2D eigenvalue weighted by Crippen LogP contribution is -2.49. The van der Waals surface area contributed by atoms with Gasteiger partial charge >= 0.3 is 17.8 Å². The van der Waals surface area contributed by atoms with E-state index in [-0.39, 0.29) is 12.0 Å². The zero-order valence-electron chi connectivity index (χ0n) is 21.7. The summed E-state index contributed by atoms with van der Waals surface area (Å²) < 4.78 is 17.9. The molecule has 5 atom stereocenters. The van der Waals surface area contributed by atoms with Crippen molar-refractivity contribution in [3.05, 3.63) is 32.6 Å². The number of alkyl carbamates (subject to hydrolysis) is 1. The van der Waals surface area contributed by atoms with E-state index < -0.39 is 78.1 Å². The Labute approximate surface area is 208 Å². The van der Waals surface area contributed by atoms with Gasteiger partial charge in [0.25, 0.3) is 5.56 Å². The van der Waals surface area contributed by atoms with Crippen LogP contribution in [-0.2, 0) is 32.6 Å². The smallest absolute Gasteiger partial charge is 0.407 e. The summed E-state index contributed by atoms with van der Waals surface area (Å²) in [7, 11) is 1.37. The Hall–Kier alpha value is -2.74. The minimum Gasteiger partial charge on any atom is -0.460 e. The summed E-state index contributed by atoms with van der Waals surface area (Å²) in [6.45, 7) is 8.96. The first-order chi connectivity index (χ1) is 16.4. The number of ether oxygens (including phenoxy) is 3. The van der Waals surface area contributed by atoms with E-state index in [0.717, 1.165) is 9.13 Å². The summed E-state index contributed by atoms with van der Waals surface area (Å²) in [5.41, 5.74) is -3.40. The largest absolute Gasteiger partial charge is 0.460 e. The Morgan fingerprint density at radius 3 is 2.17 bits per heavy atom. The number of nitrogens with zero attached hydrogens (tertiary/aromatic N) is 2. The molecular weight excluding hydrogens is 478 g/mol. The van der Waals surface area contributed by atoms with Crippen LogP contribution in [0.5, 0.6) is 0 Å². The lowest BCUT2D eigenvalue weighted by atomic mass is 10.0. The van der Waals surface area contributed by atoms with Crippen molar-refractivity contribution in [3.63, 3.8) is 0 Å². The Kier molecular flexibility index (Phi) is 9.10. The summed E-state index contributed by atoms with van der Waals surface area (Å²) >= 11 is 0. The molecule has 36 heavy (non-hydrogen) atoms. The van der Waals surface area contributed by atoms with Crippen molar-refractivity contribution >= 4 is 12.1 Å². The van der Waals surface area contributed by atoms with E-state index in [0.29, 0.717) is 0 Å². The maximum absolute atomic E-state index is 13.3. The summed E-state index contributed by atoms with van der Waals surface area (Å²) in [6, 6.07) is -1.07. The van der Waals surface area contributed by atoms with Crippen LogP contribution in [0.25, 0.3) is 0 Å². The third-order valence-electron chi connectivity index (χ3n) is 5.16. The maximum atomic E-state index is 13.3. The highest BCUT2D eigenvalue weighted by atomic mass is 16.6. The molecule has 13 heteroatoms. The van der Waals surface area contributed by atoms with Gasteiger partial charge in [0.15, 0.2) is 0 Å². The van der Waals surface area contributed by atoms with E-state index in [4.69, 9.17) is 14.2 Å². The van der Waals surface area contributed by atoms with Gasteiger partial charge in [-0.1, -0.05) is 0 Å². The number of rotatable bonds is 7. The highest BCUT2D eigenvalue weighted by molar-refractivity contribution is 5.73. The van der Waals surface area contributed by atoms with Crippen LogP contribution in [-0.4, -0.2) is 78.7 Å². The molecule has 0 aliphatic carbocycles. The van der Waals surface area contributed by atoms with Crippen molar-refractivity contribution < 1.29 is 39.1 Å². The number of aryl methyl sites for hydroxylation is 1. The van der Waals surface area contributed by atoms with E-state index in [1.54, 1.807) is 41.5 Å². The molecule has 0 radical (unpaired) electrons. The zero-order valence-corrected chi connectivity index (χ0v) is 21.7. The fraction of sp³-hybridized carbons (Fsp3) is 0.739. The fourth-order valence-electron chi connectivity index (χ4n) is 3.71. The molecule has 0 bridgehead atoms.